The van der Waals surface area contributed by atoms with E-state index < -0.39 is 29.7 Å². The minimum absolute atomic E-state index is 0.0218. The summed E-state index contributed by atoms with van der Waals surface area (Å²) in [5.74, 6) is -3.07. The fourth-order valence-electron chi connectivity index (χ4n) is 4.72. The standard InChI is InChI=1S/C22H23N5O3.C18H19N5O2.C8H10O3/c1-17(2)22(29)30-14-11-26-21(28)19(16-25)15-18-5-7-20(8-6-18)27(12-3-9-23)13-4-10-24;19-7-1-10-23(11-2-8-20)17-5-3-15(4-6-17)13-16(14-21)18(25)22-9-12-24;1-5(2)7(9)11-8(10)6(3)4/h5-8,15H,1,3-4,11-14H2,2H3,(H,26,28);3-6,13,24H,1-2,9-12H2,(H,22,25);1,3H2,2,4H3/b19-15+;16-13+;. The van der Waals surface area contributed by atoms with Gasteiger partial charge in [-0.1, -0.05) is 44.0 Å². The third-order valence-corrected chi connectivity index (χ3v) is 8.09. The Bertz CT molecular complexity index is 2290. The second-order valence-corrected chi connectivity index (χ2v) is 13.5. The van der Waals surface area contributed by atoms with Crippen LogP contribution in [0.4, 0.5) is 11.4 Å². The van der Waals surface area contributed by atoms with Gasteiger partial charge in [-0.25, -0.2) is 14.4 Å². The average molecular weight is 897 g/mol. The van der Waals surface area contributed by atoms with Crippen LogP contribution in [-0.2, 0) is 33.4 Å². The number of nitrogens with zero attached hydrogens (tertiary/aromatic N) is 8. The Labute approximate surface area is 385 Å². The van der Waals surface area contributed by atoms with Crippen LogP contribution in [-0.4, -0.2) is 87.3 Å². The van der Waals surface area contributed by atoms with E-state index in [1.54, 1.807) is 24.3 Å². The highest BCUT2D eigenvalue weighted by molar-refractivity contribution is 6.02. The van der Waals surface area contributed by atoms with Crippen LogP contribution in [0.25, 0.3) is 12.2 Å². The molecule has 0 aliphatic carbocycles. The van der Waals surface area contributed by atoms with Crippen molar-refractivity contribution in [2.75, 3.05) is 62.3 Å². The van der Waals surface area contributed by atoms with Gasteiger partial charge < -0.3 is 35.0 Å². The number of amides is 2. The highest BCUT2D eigenvalue weighted by atomic mass is 16.6. The van der Waals surface area contributed by atoms with Gasteiger partial charge in [0.05, 0.1) is 63.1 Å². The van der Waals surface area contributed by atoms with Gasteiger partial charge in [-0.2, -0.15) is 31.6 Å². The summed E-state index contributed by atoms with van der Waals surface area (Å²) in [4.78, 5) is 60.4. The Balaban J connectivity index is 0.00000106. The minimum Gasteiger partial charge on any atom is -0.460 e. The molecule has 0 bridgehead atoms. The molecule has 3 N–H and O–H groups in total. The van der Waals surface area contributed by atoms with Crippen LogP contribution < -0.4 is 20.4 Å². The summed E-state index contributed by atoms with van der Waals surface area (Å²) in [5, 5.41) is 67.1. The first-order chi connectivity index (χ1) is 31.5. The van der Waals surface area contributed by atoms with Crippen molar-refractivity contribution in [1.29, 1.82) is 31.6 Å². The molecule has 18 heteroatoms. The average Bonchev–Trinajstić information content (AvgIpc) is 3.31. The van der Waals surface area contributed by atoms with Crippen molar-refractivity contribution < 1.29 is 38.6 Å². The first-order valence-corrected chi connectivity index (χ1v) is 20.0. The van der Waals surface area contributed by atoms with Crippen LogP contribution in [0.2, 0.25) is 0 Å². The van der Waals surface area contributed by atoms with E-state index in [0.29, 0.717) is 63.0 Å². The third kappa shape index (κ3) is 24.0. The molecule has 0 saturated carbocycles. The molecule has 0 aliphatic rings. The summed E-state index contributed by atoms with van der Waals surface area (Å²) >= 11 is 0. The van der Waals surface area contributed by atoms with Crippen LogP contribution in [0.5, 0.6) is 0 Å². The van der Waals surface area contributed by atoms with Gasteiger partial charge in [-0.15, -0.1) is 0 Å². The number of carbonyl (C=O) groups excluding carboxylic acids is 5. The van der Waals surface area contributed by atoms with E-state index >= 15 is 0 Å². The quantitative estimate of drug-likeness (QED) is 0.0460. The Morgan fingerprint density at radius 2 is 0.909 bits per heavy atom. The Hall–Kier alpha value is -8.81. The smallest absolute Gasteiger partial charge is 0.340 e. The summed E-state index contributed by atoms with van der Waals surface area (Å²) in [6.07, 6.45) is 4.31. The minimum atomic E-state index is -0.710. The summed E-state index contributed by atoms with van der Waals surface area (Å²) < 4.78 is 9.17. The fraction of sp³-hybridized carbons (Fsp3) is 0.312. The SMILES string of the molecule is C=C(C)C(=O)OC(=O)C(=C)C.C=C(C)C(=O)OCCNC(=O)/C(C#N)=C/c1ccc(N(CCC#N)CCC#N)cc1.N#CCCN(CCC#N)c1ccc(/C=C(\C#N)C(=O)NCCO)cc1. The predicted molar refractivity (Wildman–Crippen MR) is 245 cm³/mol. The van der Waals surface area contributed by atoms with Crippen molar-refractivity contribution in [3.8, 4) is 36.4 Å². The molecule has 0 unspecified atom stereocenters. The molecular formula is C48H52N10O8. The molecule has 2 aromatic carbocycles. The number of hydrogen-bond donors (Lipinski definition) is 3. The molecular weight excluding hydrogens is 845 g/mol. The summed E-state index contributed by atoms with van der Waals surface area (Å²) in [7, 11) is 0. The van der Waals surface area contributed by atoms with Crippen LogP contribution >= 0.6 is 0 Å². The van der Waals surface area contributed by atoms with Gasteiger partial charge in [0.1, 0.15) is 29.9 Å². The molecule has 0 aliphatic heterocycles. The number of anilines is 2. The van der Waals surface area contributed by atoms with Gasteiger partial charge in [0.15, 0.2) is 0 Å². The fourth-order valence-corrected chi connectivity index (χ4v) is 4.72. The van der Waals surface area contributed by atoms with Crippen LogP contribution in [0.3, 0.4) is 0 Å². The number of nitriles is 6. The van der Waals surface area contributed by atoms with E-state index in [1.807, 2.05) is 46.2 Å². The lowest BCUT2D eigenvalue weighted by Crippen LogP contribution is -2.29. The van der Waals surface area contributed by atoms with E-state index in [9.17, 15) is 29.2 Å². The number of hydrogen-bond acceptors (Lipinski definition) is 16. The zero-order chi connectivity index (χ0) is 49.9. The van der Waals surface area contributed by atoms with E-state index in [2.05, 4.69) is 59.4 Å². The molecule has 0 spiro atoms. The van der Waals surface area contributed by atoms with Gasteiger partial charge in [-0.3, -0.25) is 9.59 Å². The predicted octanol–water partition coefficient (Wildman–Crippen LogP) is 5.01. The number of aliphatic hydroxyl groups is 1. The lowest BCUT2D eigenvalue weighted by Gasteiger charge is -2.22. The molecule has 18 nitrogen and oxygen atoms in total. The van der Waals surface area contributed by atoms with Crippen molar-refractivity contribution in [3.05, 3.63) is 107 Å². The first kappa shape index (κ1) is 57.2. The Morgan fingerprint density at radius 1 is 0.576 bits per heavy atom. The van der Waals surface area contributed by atoms with Crippen molar-refractivity contribution in [3.63, 3.8) is 0 Å². The van der Waals surface area contributed by atoms with Crippen molar-refractivity contribution in [2.45, 2.75) is 46.5 Å². The monoisotopic (exact) mass is 896 g/mol. The molecule has 0 fully saturated rings. The maximum absolute atomic E-state index is 12.1. The molecule has 0 heterocycles. The lowest BCUT2D eigenvalue weighted by molar-refractivity contribution is -0.154. The number of nitrogens with one attached hydrogen (secondary N) is 2. The lowest BCUT2D eigenvalue weighted by atomic mass is 10.1. The molecule has 2 rings (SSSR count). The number of esters is 3. The highest BCUT2D eigenvalue weighted by Crippen LogP contribution is 2.19. The molecule has 66 heavy (non-hydrogen) atoms. The maximum atomic E-state index is 12.1. The second kappa shape index (κ2) is 33.8. The van der Waals surface area contributed by atoms with Gasteiger partial charge in [0.25, 0.3) is 11.8 Å². The van der Waals surface area contributed by atoms with Crippen molar-refractivity contribution >= 4 is 53.2 Å². The molecule has 2 aromatic rings. The maximum Gasteiger partial charge on any atom is 0.340 e. The number of ether oxygens (including phenoxy) is 2. The summed E-state index contributed by atoms with van der Waals surface area (Å²) in [6, 6.07) is 26.3. The number of benzene rings is 2. The molecule has 0 aromatic heterocycles. The number of carbonyl (C=O) groups is 5. The van der Waals surface area contributed by atoms with Gasteiger partial charge >= 0.3 is 17.9 Å². The van der Waals surface area contributed by atoms with Crippen molar-refractivity contribution in [1.82, 2.24) is 10.6 Å². The van der Waals surface area contributed by atoms with E-state index in [4.69, 9.17) is 36.2 Å². The largest absolute Gasteiger partial charge is 0.460 e. The molecule has 0 saturated heterocycles. The van der Waals surface area contributed by atoms with Gasteiger partial charge in [-0.05, 0) is 68.3 Å². The summed E-state index contributed by atoms with van der Waals surface area (Å²) in [6.45, 7) is 16.6. The molecule has 342 valence electrons. The zero-order valence-corrected chi connectivity index (χ0v) is 37.3. The van der Waals surface area contributed by atoms with Crippen molar-refractivity contribution in [2.24, 2.45) is 0 Å². The normalized spacial score (nSPS) is 9.91. The van der Waals surface area contributed by atoms with E-state index in [-0.39, 0.29) is 54.2 Å². The Morgan fingerprint density at radius 3 is 1.20 bits per heavy atom. The second-order valence-electron chi connectivity index (χ2n) is 13.5. The third-order valence-electron chi connectivity index (χ3n) is 8.09. The van der Waals surface area contributed by atoms with Crippen LogP contribution in [0, 0.1) is 68.0 Å². The summed E-state index contributed by atoms with van der Waals surface area (Å²) in [5.41, 5.74) is 3.57. The topological polar surface area (TPSA) is 297 Å². The van der Waals surface area contributed by atoms with E-state index in [0.717, 1.165) is 11.4 Å². The Kier molecular flexibility index (Phi) is 29.3. The highest BCUT2D eigenvalue weighted by Gasteiger charge is 2.13. The van der Waals surface area contributed by atoms with Gasteiger partial charge in [0.2, 0.25) is 0 Å². The number of aliphatic hydroxyl groups excluding tert-OH is 1. The van der Waals surface area contributed by atoms with Crippen LogP contribution in [0.1, 0.15) is 57.6 Å². The zero-order valence-electron chi connectivity index (χ0n) is 37.3. The van der Waals surface area contributed by atoms with Gasteiger partial charge in [0, 0.05) is 60.8 Å². The molecule has 2 amide bonds. The molecule has 0 atom stereocenters. The number of rotatable bonds is 22. The van der Waals surface area contributed by atoms with E-state index in [1.165, 1.54) is 32.9 Å². The van der Waals surface area contributed by atoms with Crippen LogP contribution in [0.15, 0.2) is 96.1 Å². The molecule has 0 radical (unpaired) electrons. The first-order valence-electron chi connectivity index (χ1n) is 20.0.